The smallest absolute Gasteiger partial charge is 0.306 e. The highest BCUT2D eigenvalue weighted by molar-refractivity contribution is 5.95. The van der Waals surface area contributed by atoms with Crippen molar-refractivity contribution in [1.82, 2.24) is 0 Å². The van der Waals surface area contributed by atoms with Crippen molar-refractivity contribution in [3.05, 3.63) is 36.3 Å². The summed E-state index contributed by atoms with van der Waals surface area (Å²) in [6, 6.07) is 3.06. The maximum atomic E-state index is 11.7. The van der Waals surface area contributed by atoms with Gasteiger partial charge in [-0.25, -0.2) is 0 Å². The van der Waals surface area contributed by atoms with E-state index in [4.69, 9.17) is 19.1 Å². The number of carboxylic acids is 1. The van der Waals surface area contributed by atoms with Crippen LogP contribution in [0.15, 0.2) is 29.2 Å². The van der Waals surface area contributed by atoms with Crippen LogP contribution in [0.5, 0.6) is 0 Å². The third kappa shape index (κ3) is 18.3. The van der Waals surface area contributed by atoms with Gasteiger partial charge >= 0.3 is 11.9 Å². The summed E-state index contributed by atoms with van der Waals surface area (Å²) in [4.78, 5) is 52.9. The molecule has 30 heavy (non-hydrogen) atoms. The monoisotopic (exact) mass is 426 g/mol. The zero-order valence-corrected chi connectivity index (χ0v) is 18.4. The van der Waals surface area contributed by atoms with E-state index in [0.717, 1.165) is 0 Å². The summed E-state index contributed by atoms with van der Waals surface area (Å²) in [5.41, 5.74) is 0. The zero-order chi connectivity index (χ0) is 23.9. The first-order chi connectivity index (χ1) is 14.3. The Hall–Kier alpha value is -3.03. The summed E-state index contributed by atoms with van der Waals surface area (Å²) in [5.74, 6) is -1.34. The van der Waals surface area contributed by atoms with Gasteiger partial charge in [0.05, 0.1) is 19.4 Å². The number of hydrogen-bond acceptors (Lipinski definition) is 7. The van der Waals surface area contributed by atoms with Crippen LogP contribution < -0.4 is 0 Å². The summed E-state index contributed by atoms with van der Waals surface area (Å²) < 4.78 is 10.0. The van der Waals surface area contributed by atoms with Crippen molar-refractivity contribution in [3.63, 3.8) is 0 Å². The van der Waals surface area contributed by atoms with E-state index in [1.165, 1.54) is 6.07 Å². The Balaban J connectivity index is -0.000000926. The molecule has 1 N–H and O–H groups in total. The number of ether oxygens (including phenoxy) is 1. The SMILES string of the molecule is C=CC.C=O.CC.CCOC(=O)CCC(=O)CCc1ccc(C(=O)CCC(=O)O)o1. The molecule has 8 heteroatoms. The quantitative estimate of drug-likeness (QED) is 0.317. The summed E-state index contributed by atoms with van der Waals surface area (Å²) >= 11 is 0. The van der Waals surface area contributed by atoms with E-state index in [2.05, 4.69) is 6.58 Å². The average Bonchev–Trinajstić information content (AvgIpc) is 3.22. The molecule has 8 nitrogen and oxygen atoms in total. The number of carbonyl (C=O) groups is 5. The minimum atomic E-state index is -1.04. The highest BCUT2D eigenvalue weighted by Gasteiger charge is 2.14. The van der Waals surface area contributed by atoms with Crippen LogP contribution in [0.1, 0.15) is 76.1 Å². The molecule has 0 aromatic carbocycles. The molecule has 1 heterocycles. The van der Waals surface area contributed by atoms with E-state index < -0.39 is 11.9 Å². The summed E-state index contributed by atoms with van der Waals surface area (Å²) in [6.07, 6.45) is 2.08. The number of allylic oxidation sites excluding steroid dienone is 1. The van der Waals surface area contributed by atoms with E-state index in [1.54, 1.807) is 19.1 Å². The topological polar surface area (TPSA) is 128 Å². The van der Waals surface area contributed by atoms with Gasteiger partial charge in [0.2, 0.25) is 0 Å². The molecule has 0 aliphatic rings. The number of esters is 1. The average molecular weight is 427 g/mol. The summed E-state index contributed by atoms with van der Waals surface area (Å²) in [7, 11) is 0. The molecule has 0 fully saturated rings. The summed E-state index contributed by atoms with van der Waals surface area (Å²) in [5, 5.41) is 8.53. The Bertz CT molecular complexity index is 631. The van der Waals surface area contributed by atoms with Gasteiger partial charge in [0.25, 0.3) is 0 Å². The number of carboxylic acid groups (broad SMARTS) is 1. The molecular weight excluding hydrogens is 392 g/mol. The fraction of sp³-hybridized carbons (Fsp3) is 0.500. The van der Waals surface area contributed by atoms with Crippen LogP contribution >= 0.6 is 0 Å². The summed E-state index contributed by atoms with van der Waals surface area (Å²) in [6.45, 7) is 13.2. The van der Waals surface area contributed by atoms with Gasteiger partial charge in [0.1, 0.15) is 18.3 Å². The molecule has 0 amide bonds. The van der Waals surface area contributed by atoms with E-state index in [1.807, 2.05) is 27.6 Å². The fourth-order valence-corrected chi connectivity index (χ4v) is 1.87. The third-order valence-corrected chi connectivity index (χ3v) is 3.07. The fourth-order valence-electron chi connectivity index (χ4n) is 1.87. The van der Waals surface area contributed by atoms with E-state index in [-0.39, 0.29) is 56.0 Å². The molecule has 0 saturated heterocycles. The molecule has 1 aromatic rings. The van der Waals surface area contributed by atoms with Gasteiger partial charge < -0.3 is 19.1 Å². The van der Waals surface area contributed by atoms with Crippen LogP contribution in [0.25, 0.3) is 0 Å². The number of rotatable bonds is 11. The van der Waals surface area contributed by atoms with Crippen molar-refractivity contribution in [3.8, 4) is 0 Å². The van der Waals surface area contributed by atoms with Crippen molar-refractivity contribution in [2.24, 2.45) is 0 Å². The van der Waals surface area contributed by atoms with Crippen LogP contribution in [-0.2, 0) is 30.3 Å². The number of aliphatic carboxylic acids is 1. The Labute approximate surface area is 178 Å². The molecule has 0 spiro atoms. The standard InChI is InChI=1S/C16H20O7.C3H6.C2H6.CH2O/c1-2-22-16(21)10-4-11(17)3-5-12-6-8-14(23-12)13(18)7-9-15(19)20;1-3-2;2*1-2/h6,8H,2-5,7,9-10H2,1H3,(H,19,20);3H,1H2,2H3;1-2H3;1H2. The van der Waals surface area contributed by atoms with Crippen molar-refractivity contribution < 1.29 is 38.2 Å². The lowest BCUT2D eigenvalue weighted by Gasteiger charge is -2.01. The maximum Gasteiger partial charge on any atom is 0.306 e. The predicted molar refractivity (Wildman–Crippen MR) is 113 cm³/mol. The largest absolute Gasteiger partial charge is 0.481 e. The molecule has 0 atom stereocenters. The van der Waals surface area contributed by atoms with Crippen molar-refractivity contribution >= 4 is 30.3 Å². The van der Waals surface area contributed by atoms with Gasteiger partial charge in [-0.2, -0.15) is 0 Å². The Morgan fingerprint density at radius 3 is 2.10 bits per heavy atom. The van der Waals surface area contributed by atoms with E-state index >= 15 is 0 Å². The Morgan fingerprint density at radius 2 is 1.60 bits per heavy atom. The highest BCUT2D eigenvalue weighted by atomic mass is 16.5. The normalized spacial score (nSPS) is 8.67. The molecule has 1 aromatic heterocycles. The molecule has 0 saturated carbocycles. The van der Waals surface area contributed by atoms with Crippen LogP contribution in [0.3, 0.4) is 0 Å². The van der Waals surface area contributed by atoms with E-state index in [9.17, 15) is 19.2 Å². The molecule has 0 aliphatic heterocycles. The molecule has 0 radical (unpaired) electrons. The number of carbonyl (C=O) groups excluding carboxylic acids is 4. The first-order valence-corrected chi connectivity index (χ1v) is 9.70. The Morgan fingerprint density at radius 1 is 1.03 bits per heavy atom. The lowest BCUT2D eigenvalue weighted by atomic mass is 10.1. The first kappa shape index (κ1) is 31.7. The molecule has 170 valence electrons. The highest BCUT2D eigenvalue weighted by Crippen LogP contribution is 2.14. The Kier molecular flexibility index (Phi) is 23.5. The number of ketones is 2. The molecule has 0 aliphatic carbocycles. The number of hydrogen-bond donors (Lipinski definition) is 1. The first-order valence-electron chi connectivity index (χ1n) is 9.70. The predicted octanol–water partition coefficient (Wildman–Crippen LogP) is 4.21. The second-order valence-electron chi connectivity index (χ2n) is 5.33. The van der Waals surface area contributed by atoms with Crippen LogP contribution in [0.4, 0.5) is 0 Å². The van der Waals surface area contributed by atoms with Gasteiger partial charge in [-0.1, -0.05) is 19.9 Å². The van der Waals surface area contributed by atoms with E-state index in [0.29, 0.717) is 12.2 Å². The number of aryl methyl sites for hydroxylation is 1. The second kappa shape index (κ2) is 22.3. The maximum absolute atomic E-state index is 11.7. The second-order valence-corrected chi connectivity index (χ2v) is 5.33. The van der Waals surface area contributed by atoms with Crippen molar-refractivity contribution in [1.29, 1.82) is 0 Å². The van der Waals surface area contributed by atoms with Crippen molar-refractivity contribution in [2.75, 3.05) is 6.61 Å². The lowest BCUT2D eigenvalue weighted by Crippen LogP contribution is -2.08. The van der Waals surface area contributed by atoms with Crippen LogP contribution in [-0.4, -0.2) is 42.0 Å². The molecular formula is C22H34O8. The zero-order valence-electron chi connectivity index (χ0n) is 18.4. The van der Waals surface area contributed by atoms with Gasteiger partial charge in [-0.05, 0) is 26.0 Å². The van der Waals surface area contributed by atoms with Gasteiger partial charge in [-0.15, -0.1) is 6.58 Å². The third-order valence-electron chi connectivity index (χ3n) is 3.07. The minimum absolute atomic E-state index is 0.0593. The van der Waals surface area contributed by atoms with Gasteiger partial charge in [-0.3, -0.25) is 19.2 Å². The van der Waals surface area contributed by atoms with Crippen LogP contribution in [0, 0.1) is 0 Å². The van der Waals surface area contributed by atoms with Crippen molar-refractivity contribution in [2.45, 2.75) is 66.2 Å². The number of Topliss-reactive ketones (excluding diaryl/α,β-unsaturated/α-hetero) is 2. The molecule has 0 bridgehead atoms. The lowest BCUT2D eigenvalue weighted by molar-refractivity contribution is -0.144. The van der Waals surface area contributed by atoms with Gasteiger partial charge in [0, 0.05) is 25.7 Å². The molecule has 0 unspecified atom stereocenters. The molecule has 1 rings (SSSR count). The number of furan rings is 1. The van der Waals surface area contributed by atoms with Crippen LogP contribution in [0.2, 0.25) is 0 Å². The minimum Gasteiger partial charge on any atom is -0.481 e. The van der Waals surface area contributed by atoms with Gasteiger partial charge in [0.15, 0.2) is 11.5 Å².